The zero-order valence-electron chi connectivity index (χ0n) is 45.8. The molecule has 0 saturated heterocycles. The van der Waals surface area contributed by atoms with Crippen LogP contribution in [0.5, 0.6) is 0 Å². The third-order valence-electron chi connectivity index (χ3n) is 12.4. The van der Waals surface area contributed by atoms with Gasteiger partial charge in [0, 0.05) is 19.3 Å². The summed E-state index contributed by atoms with van der Waals surface area (Å²) in [5, 5.41) is 0. The Morgan fingerprint density at radius 1 is 0.300 bits per heavy atom. The van der Waals surface area contributed by atoms with Gasteiger partial charge in [-0.2, -0.15) is 0 Å². The number of carbonyl (C=O) groups is 3. The van der Waals surface area contributed by atoms with Crippen molar-refractivity contribution in [1.29, 1.82) is 0 Å². The topological polar surface area (TPSA) is 78.9 Å². The molecule has 400 valence electrons. The second-order valence-corrected chi connectivity index (χ2v) is 19.2. The van der Waals surface area contributed by atoms with Gasteiger partial charge in [0.2, 0.25) is 0 Å². The lowest BCUT2D eigenvalue weighted by molar-refractivity contribution is -0.167. The van der Waals surface area contributed by atoms with Crippen molar-refractivity contribution in [1.82, 2.24) is 0 Å². The van der Waals surface area contributed by atoms with Crippen molar-refractivity contribution < 1.29 is 28.6 Å². The Morgan fingerprint density at radius 3 is 0.871 bits per heavy atom. The lowest BCUT2D eigenvalue weighted by Crippen LogP contribution is -2.30. The molecule has 1 unspecified atom stereocenters. The van der Waals surface area contributed by atoms with Crippen LogP contribution < -0.4 is 0 Å². The molecule has 0 saturated carbocycles. The Labute approximate surface area is 432 Å². The van der Waals surface area contributed by atoms with Crippen molar-refractivity contribution in [3.05, 3.63) is 97.2 Å². The van der Waals surface area contributed by atoms with Gasteiger partial charge in [-0.3, -0.25) is 14.4 Å². The molecule has 0 aromatic heterocycles. The van der Waals surface area contributed by atoms with Crippen LogP contribution in [0.15, 0.2) is 97.2 Å². The summed E-state index contributed by atoms with van der Waals surface area (Å²) in [6.45, 7) is 6.49. The van der Waals surface area contributed by atoms with Crippen molar-refractivity contribution >= 4 is 17.9 Å². The fourth-order valence-electron chi connectivity index (χ4n) is 7.99. The number of hydrogen-bond acceptors (Lipinski definition) is 6. The normalized spacial score (nSPS) is 12.8. The van der Waals surface area contributed by atoms with E-state index < -0.39 is 6.10 Å². The highest BCUT2D eigenvalue weighted by Gasteiger charge is 2.19. The highest BCUT2D eigenvalue weighted by Crippen LogP contribution is 2.16. The Hall–Kier alpha value is -3.67. The van der Waals surface area contributed by atoms with E-state index in [1.807, 2.05) is 0 Å². The molecule has 0 fully saturated rings. The summed E-state index contributed by atoms with van der Waals surface area (Å²) >= 11 is 0. The first-order valence-electron chi connectivity index (χ1n) is 29.2. The fraction of sp³-hybridized carbons (Fsp3) is 0.703. The Morgan fingerprint density at radius 2 is 0.557 bits per heavy atom. The van der Waals surface area contributed by atoms with Crippen molar-refractivity contribution in [2.75, 3.05) is 13.2 Å². The first-order chi connectivity index (χ1) is 34.5. The minimum absolute atomic E-state index is 0.0880. The third kappa shape index (κ3) is 55.3. The fourth-order valence-corrected chi connectivity index (χ4v) is 7.99. The third-order valence-corrected chi connectivity index (χ3v) is 12.4. The highest BCUT2D eigenvalue weighted by atomic mass is 16.6. The number of rotatable bonds is 52. The molecule has 6 nitrogen and oxygen atoms in total. The van der Waals surface area contributed by atoms with E-state index in [1.165, 1.54) is 122 Å². The number of hydrogen-bond donors (Lipinski definition) is 0. The van der Waals surface area contributed by atoms with Gasteiger partial charge in [-0.15, -0.1) is 0 Å². The lowest BCUT2D eigenvalue weighted by Gasteiger charge is -2.18. The molecule has 0 amide bonds. The van der Waals surface area contributed by atoms with E-state index in [9.17, 15) is 14.4 Å². The molecule has 0 bridgehead atoms. The lowest BCUT2D eigenvalue weighted by atomic mass is 10.0. The van der Waals surface area contributed by atoms with E-state index in [1.54, 1.807) is 0 Å². The Kier molecular flexibility index (Phi) is 54.9. The molecule has 0 N–H and O–H groups in total. The summed E-state index contributed by atoms with van der Waals surface area (Å²) in [6, 6.07) is 0. The average Bonchev–Trinajstić information content (AvgIpc) is 3.36. The average molecular weight is 974 g/mol. The number of ether oxygens (including phenoxy) is 3. The number of esters is 3. The van der Waals surface area contributed by atoms with Gasteiger partial charge >= 0.3 is 17.9 Å². The van der Waals surface area contributed by atoms with Crippen LogP contribution in [0.4, 0.5) is 0 Å². The number of carbonyl (C=O) groups excluding carboxylic acids is 3. The molecular weight excluding hydrogens is 865 g/mol. The Balaban J connectivity index is 4.37. The first-order valence-corrected chi connectivity index (χ1v) is 29.2. The smallest absolute Gasteiger partial charge is 0.306 e. The largest absolute Gasteiger partial charge is 0.462 e. The van der Waals surface area contributed by atoms with Crippen LogP contribution in [0.3, 0.4) is 0 Å². The molecule has 0 aliphatic heterocycles. The van der Waals surface area contributed by atoms with Gasteiger partial charge in [0.05, 0.1) is 0 Å². The predicted octanol–water partition coefficient (Wildman–Crippen LogP) is 19.7. The first kappa shape index (κ1) is 66.3. The molecule has 0 aliphatic rings. The summed E-state index contributed by atoms with van der Waals surface area (Å²) in [4.78, 5) is 38.1. The zero-order chi connectivity index (χ0) is 50.7. The van der Waals surface area contributed by atoms with Gasteiger partial charge in [-0.25, -0.2) is 0 Å². The van der Waals surface area contributed by atoms with E-state index in [-0.39, 0.29) is 31.1 Å². The van der Waals surface area contributed by atoms with Crippen LogP contribution in [0, 0.1) is 0 Å². The predicted molar refractivity (Wildman–Crippen MR) is 302 cm³/mol. The van der Waals surface area contributed by atoms with Crippen LogP contribution in [0.2, 0.25) is 0 Å². The highest BCUT2D eigenvalue weighted by molar-refractivity contribution is 5.71. The van der Waals surface area contributed by atoms with Crippen LogP contribution >= 0.6 is 0 Å². The van der Waals surface area contributed by atoms with Crippen LogP contribution in [-0.2, 0) is 28.6 Å². The molecule has 6 heteroatoms. The molecule has 0 rings (SSSR count). The molecule has 70 heavy (non-hydrogen) atoms. The van der Waals surface area contributed by atoms with Gasteiger partial charge in [0.1, 0.15) is 13.2 Å². The number of unbranched alkanes of at least 4 members (excludes halogenated alkanes) is 25. The van der Waals surface area contributed by atoms with Gasteiger partial charge < -0.3 is 14.2 Å². The molecular formula is C64H108O6. The minimum Gasteiger partial charge on any atom is -0.462 e. The second kappa shape index (κ2) is 57.9. The molecule has 0 heterocycles. The maximum Gasteiger partial charge on any atom is 0.306 e. The van der Waals surface area contributed by atoms with E-state index in [4.69, 9.17) is 14.2 Å². The summed E-state index contributed by atoms with van der Waals surface area (Å²) < 4.78 is 16.8. The zero-order valence-corrected chi connectivity index (χ0v) is 45.8. The van der Waals surface area contributed by atoms with E-state index >= 15 is 0 Å². The standard InChI is InChI=1S/C64H108O6/c1-4-7-10-13-16-19-22-24-26-27-28-29-30-31-32-33-34-35-36-37-38-40-42-45-48-51-54-57-63(66)69-60-61(59-68-62(65)56-53-50-47-44-41-21-18-15-12-9-6-3)70-64(67)58-55-52-49-46-43-39-25-23-20-17-14-11-8-5-2/h7,10,16,19,24,26,28-29,31-32,34-35,37-38,42,45,61H,4-6,8-9,11-15,17-18,20-23,25,27,30,33,36,39-41,43-44,46-60H2,1-3H3/b10-7-,19-16-,26-24-,29-28-,32-31-,35-34-,38-37-,45-42-. The van der Waals surface area contributed by atoms with Crippen molar-refractivity contribution in [2.45, 2.75) is 277 Å². The van der Waals surface area contributed by atoms with Gasteiger partial charge in [0.25, 0.3) is 0 Å². The van der Waals surface area contributed by atoms with Crippen LogP contribution in [0.25, 0.3) is 0 Å². The van der Waals surface area contributed by atoms with E-state index in [0.717, 1.165) is 109 Å². The SMILES string of the molecule is CC/C=C\C/C=C\C/C=C\C/C=C\C/C=C\C/C=C\C/C=C\C/C=C\CCCCC(=O)OCC(COC(=O)CCCCCCCCCCCCC)OC(=O)CCCCCCCCCCCCCCCC. The van der Waals surface area contributed by atoms with Gasteiger partial charge in [-0.05, 0) is 83.5 Å². The van der Waals surface area contributed by atoms with Crippen LogP contribution in [0.1, 0.15) is 271 Å². The van der Waals surface area contributed by atoms with Crippen molar-refractivity contribution in [3.8, 4) is 0 Å². The van der Waals surface area contributed by atoms with Crippen molar-refractivity contribution in [2.24, 2.45) is 0 Å². The summed E-state index contributed by atoms with van der Waals surface area (Å²) in [5.41, 5.74) is 0. The maximum atomic E-state index is 12.8. The quantitative estimate of drug-likeness (QED) is 0.0262. The van der Waals surface area contributed by atoms with Crippen LogP contribution in [-0.4, -0.2) is 37.2 Å². The summed E-state index contributed by atoms with van der Waals surface area (Å²) in [6.07, 6.45) is 76.9. The summed E-state index contributed by atoms with van der Waals surface area (Å²) in [5.74, 6) is -0.929. The molecule has 0 aromatic carbocycles. The maximum absolute atomic E-state index is 12.8. The molecule has 1 atom stereocenters. The van der Waals surface area contributed by atoms with E-state index in [2.05, 4.69) is 118 Å². The summed E-state index contributed by atoms with van der Waals surface area (Å²) in [7, 11) is 0. The van der Waals surface area contributed by atoms with Gasteiger partial charge in [-0.1, -0.05) is 266 Å². The van der Waals surface area contributed by atoms with Crippen molar-refractivity contribution in [3.63, 3.8) is 0 Å². The molecule has 0 aliphatic carbocycles. The second-order valence-electron chi connectivity index (χ2n) is 19.2. The van der Waals surface area contributed by atoms with E-state index in [0.29, 0.717) is 19.3 Å². The molecule has 0 spiro atoms. The Bertz CT molecular complexity index is 1400. The minimum atomic E-state index is -0.792. The molecule has 0 radical (unpaired) electrons. The van der Waals surface area contributed by atoms with Gasteiger partial charge in [0.15, 0.2) is 6.10 Å². The molecule has 0 aromatic rings. The number of allylic oxidation sites excluding steroid dienone is 16. The monoisotopic (exact) mass is 973 g/mol.